The predicted molar refractivity (Wildman–Crippen MR) is 116 cm³/mol. The van der Waals surface area contributed by atoms with Gasteiger partial charge in [0, 0.05) is 6.04 Å². The van der Waals surface area contributed by atoms with Crippen molar-refractivity contribution in [2.24, 2.45) is 0 Å². The first kappa shape index (κ1) is 17.3. The van der Waals surface area contributed by atoms with Gasteiger partial charge in [0.1, 0.15) is 11.2 Å². The fraction of sp³-hybridized carbons (Fsp3) is 0.217. The molecule has 0 unspecified atom stereocenters. The number of hydrogen-bond donors (Lipinski definition) is 0. The fourth-order valence-electron chi connectivity index (χ4n) is 4.61. The average Bonchev–Trinajstić information content (AvgIpc) is 3.49. The molecule has 0 N–H and O–H groups in total. The maximum Gasteiger partial charge on any atom is 0.341 e. The third-order valence-corrected chi connectivity index (χ3v) is 7.62. The van der Waals surface area contributed by atoms with Crippen molar-refractivity contribution in [2.45, 2.75) is 19.4 Å². The second-order valence-electron chi connectivity index (χ2n) is 7.79. The number of nitrogens with zero attached hydrogens (tertiary/aromatic N) is 1. The number of para-hydroxylation sites is 1. The molecule has 0 aliphatic carbocycles. The highest BCUT2D eigenvalue weighted by Crippen LogP contribution is 2.52. The van der Waals surface area contributed by atoms with Gasteiger partial charge in [0.05, 0.1) is 16.5 Å². The van der Waals surface area contributed by atoms with Gasteiger partial charge < -0.3 is 27.3 Å². The van der Waals surface area contributed by atoms with E-state index in [1.54, 1.807) is 0 Å². The van der Waals surface area contributed by atoms with Crippen molar-refractivity contribution >= 4 is 35.8 Å². The summed E-state index contributed by atoms with van der Waals surface area (Å²) < 4.78 is 38.4. The molecule has 0 radical (unpaired) electrons. The van der Waals surface area contributed by atoms with Crippen LogP contribution in [0.25, 0.3) is 21.9 Å². The van der Waals surface area contributed by atoms with Crippen LogP contribution in [0.5, 0.6) is 23.0 Å². The van der Waals surface area contributed by atoms with E-state index in [1.165, 1.54) is 5.56 Å². The zero-order valence-electron chi connectivity index (χ0n) is 16.7. The van der Waals surface area contributed by atoms with Crippen LogP contribution >= 0.6 is 8.16 Å². The van der Waals surface area contributed by atoms with Crippen LogP contribution in [-0.2, 0) is 6.42 Å². The van der Waals surface area contributed by atoms with Crippen molar-refractivity contribution < 1.29 is 27.3 Å². The summed E-state index contributed by atoms with van der Waals surface area (Å²) in [7, 11) is -1.47. The number of rotatable bonds is 1. The molecule has 7 rings (SSSR count). The Morgan fingerprint density at radius 2 is 1.39 bits per heavy atom. The molecule has 1 atom stereocenters. The number of benzene rings is 3. The Morgan fingerprint density at radius 1 is 0.774 bits per heavy atom. The summed E-state index contributed by atoms with van der Waals surface area (Å²) in [5, 5.41) is 1.55. The van der Waals surface area contributed by atoms with Crippen LogP contribution < -0.4 is 23.6 Å². The molecular weight excluding hydrogens is 417 g/mol. The third-order valence-electron chi connectivity index (χ3n) is 5.95. The Balaban J connectivity index is 1.61. The highest BCUT2D eigenvalue weighted by atomic mass is 31.1. The Hall–Kier alpha value is -3.44. The second kappa shape index (κ2) is 6.28. The summed E-state index contributed by atoms with van der Waals surface area (Å²) in [6, 6.07) is 16.2. The van der Waals surface area contributed by atoms with Crippen LogP contribution in [0.15, 0.2) is 56.9 Å². The van der Waals surface area contributed by atoms with Crippen molar-refractivity contribution in [1.29, 1.82) is 0 Å². The van der Waals surface area contributed by atoms with Gasteiger partial charge >= 0.3 is 8.16 Å². The smallest absolute Gasteiger partial charge is 0.341 e. The van der Waals surface area contributed by atoms with Crippen LogP contribution in [-0.4, -0.2) is 19.6 Å². The highest BCUT2D eigenvalue weighted by Gasteiger charge is 2.32. The molecule has 156 valence electrons. The molecule has 3 aliphatic heterocycles. The van der Waals surface area contributed by atoms with E-state index in [9.17, 15) is 0 Å². The molecule has 0 saturated carbocycles. The van der Waals surface area contributed by atoms with Gasteiger partial charge in [0.25, 0.3) is 0 Å². The van der Waals surface area contributed by atoms with Crippen molar-refractivity contribution in [3.63, 3.8) is 0 Å². The zero-order chi connectivity index (χ0) is 20.5. The first-order chi connectivity index (χ1) is 15.3. The lowest BCUT2D eigenvalue weighted by Crippen LogP contribution is -2.20. The lowest BCUT2D eigenvalue weighted by molar-refractivity contribution is 0.174. The molecule has 31 heavy (non-hydrogen) atoms. The molecule has 0 fully saturated rings. The largest absolute Gasteiger partial charge is 0.454 e. The van der Waals surface area contributed by atoms with Gasteiger partial charge in [0.15, 0.2) is 23.0 Å². The summed E-state index contributed by atoms with van der Waals surface area (Å²) in [6.45, 7) is 2.53. The van der Waals surface area contributed by atoms with Crippen molar-refractivity contribution in [1.82, 2.24) is 0 Å². The van der Waals surface area contributed by atoms with Crippen LogP contribution in [0.1, 0.15) is 12.5 Å². The van der Waals surface area contributed by atoms with Gasteiger partial charge in [-0.1, -0.05) is 18.2 Å². The summed E-state index contributed by atoms with van der Waals surface area (Å²) >= 11 is 0. The van der Waals surface area contributed by atoms with Crippen LogP contribution in [0.3, 0.4) is 0 Å². The minimum atomic E-state index is -1.47. The van der Waals surface area contributed by atoms with Crippen molar-refractivity contribution in [2.75, 3.05) is 18.3 Å². The quantitative estimate of drug-likeness (QED) is 0.365. The molecule has 0 spiro atoms. The number of anilines is 1. The standard InChI is InChI=1S/C23H18NO6P/c1-13-10-14-4-2-3-5-15(14)24(13)31-29-16-6-8-18-22(27-11-25-18)20(16)21-17(30-31)7-9-19-23(21)28-12-26-19/h2-9,13H,10-12H2,1H3/t13-/m1/s1. The van der Waals surface area contributed by atoms with E-state index in [-0.39, 0.29) is 19.6 Å². The molecule has 4 aromatic rings. The number of hydrogen-bond acceptors (Lipinski definition) is 7. The van der Waals surface area contributed by atoms with Crippen LogP contribution in [0.4, 0.5) is 5.69 Å². The minimum absolute atomic E-state index is 0.166. The summed E-state index contributed by atoms with van der Waals surface area (Å²) in [5.74, 6) is 2.63. The summed E-state index contributed by atoms with van der Waals surface area (Å²) in [6.07, 6.45) is 0.948. The molecule has 7 nitrogen and oxygen atoms in total. The second-order valence-corrected chi connectivity index (χ2v) is 9.06. The van der Waals surface area contributed by atoms with Gasteiger partial charge in [-0.25, -0.2) is 0 Å². The Bertz CT molecular complexity index is 1340. The van der Waals surface area contributed by atoms with Gasteiger partial charge in [-0.15, -0.1) is 0 Å². The van der Waals surface area contributed by atoms with E-state index < -0.39 is 8.16 Å². The Kier molecular flexibility index (Phi) is 3.50. The summed E-state index contributed by atoms with van der Waals surface area (Å²) in [4.78, 5) is 0. The predicted octanol–water partition coefficient (Wildman–Crippen LogP) is 5.96. The molecule has 4 heterocycles. The SMILES string of the molecule is C[C@@H]1Cc2ccccc2N1p1oc2ccc3c(c2c2c4c(ccc2o1)OCO4)OCO3. The molecule has 8 heteroatoms. The minimum Gasteiger partial charge on any atom is -0.454 e. The molecule has 0 amide bonds. The molecule has 3 aliphatic rings. The Morgan fingerprint density at radius 3 is 2.03 bits per heavy atom. The molecule has 1 aromatic heterocycles. The lowest BCUT2D eigenvalue weighted by atomic mass is 10.1. The maximum absolute atomic E-state index is 6.57. The monoisotopic (exact) mass is 435 g/mol. The van der Waals surface area contributed by atoms with Crippen molar-refractivity contribution in [3.8, 4) is 23.0 Å². The maximum atomic E-state index is 6.57. The van der Waals surface area contributed by atoms with E-state index in [0.29, 0.717) is 34.2 Å². The van der Waals surface area contributed by atoms with E-state index in [1.807, 2.05) is 24.3 Å². The lowest BCUT2D eigenvalue weighted by Gasteiger charge is -2.20. The summed E-state index contributed by atoms with van der Waals surface area (Å²) in [5.41, 5.74) is 3.79. The van der Waals surface area contributed by atoms with Crippen LogP contribution in [0, 0.1) is 0 Å². The van der Waals surface area contributed by atoms with E-state index in [4.69, 9.17) is 27.3 Å². The topological polar surface area (TPSA) is 66.4 Å². The van der Waals surface area contributed by atoms with Gasteiger partial charge in [-0.05, 0) is 49.2 Å². The van der Waals surface area contributed by atoms with Gasteiger partial charge in [-0.2, -0.15) is 0 Å². The van der Waals surface area contributed by atoms with E-state index in [2.05, 4.69) is 35.9 Å². The van der Waals surface area contributed by atoms with E-state index >= 15 is 0 Å². The molecule has 0 saturated heterocycles. The number of ether oxygens (including phenoxy) is 4. The van der Waals surface area contributed by atoms with Crippen LogP contribution in [0.2, 0.25) is 0 Å². The fourth-order valence-corrected chi connectivity index (χ4v) is 6.24. The average molecular weight is 435 g/mol. The normalized spacial score (nSPS) is 18.1. The molecule has 3 aromatic carbocycles. The van der Waals surface area contributed by atoms with Crippen molar-refractivity contribution in [3.05, 3.63) is 54.1 Å². The third kappa shape index (κ3) is 2.41. The Labute approximate surface area is 178 Å². The first-order valence-corrected chi connectivity index (χ1v) is 11.3. The zero-order valence-corrected chi connectivity index (χ0v) is 17.6. The van der Waals surface area contributed by atoms with E-state index in [0.717, 1.165) is 22.9 Å². The first-order valence-electron chi connectivity index (χ1n) is 10.2. The van der Waals surface area contributed by atoms with Gasteiger partial charge in [-0.3, -0.25) is 4.67 Å². The highest BCUT2D eigenvalue weighted by molar-refractivity contribution is 7.39. The van der Waals surface area contributed by atoms with Gasteiger partial charge in [0.2, 0.25) is 13.6 Å². The number of fused-ring (bicyclic) bond motifs is 8. The molecule has 0 bridgehead atoms. The molecular formula is C23H18NO6P.